The number of carbonyl (C=O) groups excluding carboxylic acids is 1. The predicted molar refractivity (Wildman–Crippen MR) is 123 cm³/mol. The molecule has 0 amide bonds. The van der Waals surface area contributed by atoms with Gasteiger partial charge in [-0.1, -0.05) is 27.7 Å². The van der Waals surface area contributed by atoms with Crippen molar-refractivity contribution in [3.63, 3.8) is 0 Å². The highest BCUT2D eigenvalue weighted by atomic mass is 16.3. The van der Waals surface area contributed by atoms with E-state index in [2.05, 4.69) is 33.0 Å². The van der Waals surface area contributed by atoms with Crippen LogP contribution in [0.15, 0.2) is 11.3 Å². The van der Waals surface area contributed by atoms with Crippen LogP contribution in [0.3, 0.4) is 0 Å². The van der Waals surface area contributed by atoms with Gasteiger partial charge >= 0.3 is 0 Å². The van der Waals surface area contributed by atoms with Crippen LogP contribution >= 0.6 is 0 Å². The van der Waals surface area contributed by atoms with Crippen molar-refractivity contribution < 1.29 is 15.0 Å². The zero-order chi connectivity index (χ0) is 22.1. The number of aliphatic hydroxyl groups is 2. The summed E-state index contributed by atoms with van der Waals surface area (Å²) in [4.78, 5) is 12.2. The lowest BCUT2D eigenvalue weighted by Gasteiger charge is -2.59. The molecule has 0 spiro atoms. The van der Waals surface area contributed by atoms with Gasteiger partial charge in [0, 0.05) is 12.5 Å². The summed E-state index contributed by atoms with van der Waals surface area (Å²) < 4.78 is 0. The third-order valence-electron chi connectivity index (χ3n) is 11.1. The average molecular weight is 430 g/mol. The van der Waals surface area contributed by atoms with Gasteiger partial charge in [0.15, 0.2) is 11.5 Å². The Kier molecular flexibility index (Phi) is 5.37. The second kappa shape index (κ2) is 7.58. The van der Waals surface area contributed by atoms with Crippen LogP contribution in [0.4, 0.5) is 0 Å². The van der Waals surface area contributed by atoms with Crippen molar-refractivity contribution in [3.8, 4) is 0 Å². The lowest BCUT2D eigenvalue weighted by Crippen LogP contribution is -2.56. The number of hydrogen-bond donors (Lipinski definition) is 3. The normalized spacial score (nSPS) is 51.1. The van der Waals surface area contributed by atoms with E-state index in [1.54, 1.807) is 0 Å². The van der Waals surface area contributed by atoms with E-state index < -0.39 is 0 Å². The van der Waals surface area contributed by atoms with E-state index in [1.807, 2.05) is 0 Å². The van der Waals surface area contributed by atoms with Crippen LogP contribution in [-0.4, -0.2) is 34.7 Å². The Morgan fingerprint density at radius 2 is 1.84 bits per heavy atom. The number of aliphatic hydroxyl groups excluding tert-OH is 2. The molecule has 4 aliphatic carbocycles. The first-order valence-electron chi connectivity index (χ1n) is 13.0. The van der Waals surface area contributed by atoms with Gasteiger partial charge in [-0.05, 0) is 110 Å². The molecule has 3 saturated carbocycles. The Balaban J connectivity index is 1.38. The van der Waals surface area contributed by atoms with E-state index in [0.29, 0.717) is 35.5 Å². The predicted octanol–water partition coefficient (Wildman–Crippen LogP) is 5.02. The molecule has 5 aliphatic rings. The summed E-state index contributed by atoms with van der Waals surface area (Å²) in [7, 11) is 0. The van der Waals surface area contributed by atoms with Crippen molar-refractivity contribution in [2.75, 3.05) is 6.54 Å². The number of carbonyl (C=O) groups is 1. The molecule has 0 bridgehead atoms. The number of piperidine rings is 1. The van der Waals surface area contributed by atoms with E-state index in [-0.39, 0.29) is 29.1 Å². The molecule has 31 heavy (non-hydrogen) atoms. The van der Waals surface area contributed by atoms with Crippen molar-refractivity contribution >= 4 is 5.78 Å². The fraction of sp³-hybridized carbons (Fsp3) is 0.889. The van der Waals surface area contributed by atoms with Crippen molar-refractivity contribution in [3.05, 3.63) is 11.3 Å². The first kappa shape index (κ1) is 21.9. The molecular weight excluding hydrogens is 386 g/mol. The quantitative estimate of drug-likeness (QED) is 0.577. The highest BCUT2D eigenvalue weighted by Gasteiger charge is 2.60. The lowest BCUT2D eigenvalue weighted by atomic mass is 9.46. The van der Waals surface area contributed by atoms with E-state index in [0.717, 1.165) is 49.6 Å². The van der Waals surface area contributed by atoms with E-state index in [1.165, 1.54) is 25.7 Å². The molecular formula is C27H43NO3. The summed E-state index contributed by atoms with van der Waals surface area (Å²) in [6.45, 7) is 10.6. The van der Waals surface area contributed by atoms with Crippen LogP contribution in [0.2, 0.25) is 0 Å². The Hall–Kier alpha value is -0.870. The molecule has 174 valence electrons. The molecule has 5 rings (SSSR count). The fourth-order valence-electron chi connectivity index (χ4n) is 9.49. The van der Waals surface area contributed by atoms with Crippen molar-refractivity contribution in [1.82, 2.24) is 5.32 Å². The second-order valence-electron chi connectivity index (χ2n) is 12.5. The first-order valence-corrected chi connectivity index (χ1v) is 13.0. The molecule has 10 atom stereocenters. The largest absolute Gasteiger partial charge is 0.504 e. The number of Topliss-reactive ketones (excluding diaryl/α,β-unsaturated/α-hetero) is 1. The van der Waals surface area contributed by atoms with E-state index in [4.69, 9.17) is 0 Å². The van der Waals surface area contributed by atoms with Gasteiger partial charge in [-0.15, -0.1) is 0 Å². The molecule has 0 radical (unpaired) electrons. The minimum Gasteiger partial charge on any atom is -0.504 e. The molecule has 0 aromatic rings. The Morgan fingerprint density at radius 3 is 2.58 bits per heavy atom. The zero-order valence-electron chi connectivity index (χ0n) is 20.0. The van der Waals surface area contributed by atoms with Crippen LogP contribution in [0, 0.1) is 46.3 Å². The summed E-state index contributed by atoms with van der Waals surface area (Å²) in [5, 5.41) is 25.1. The van der Waals surface area contributed by atoms with Gasteiger partial charge in [0.2, 0.25) is 0 Å². The van der Waals surface area contributed by atoms with Gasteiger partial charge in [-0.3, -0.25) is 4.79 Å². The maximum absolute atomic E-state index is 12.2. The molecule has 1 saturated heterocycles. The van der Waals surface area contributed by atoms with Gasteiger partial charge < -0.3 is 15.5 Å². The number of nitrogens with one attached hydrogen (secondary N) is 1. The average Bonchev–Trinajstić information content (AvgIpc) is 3.08. The van der Waals surface area contributed by atoms with Crippen LogP contribution < -0.4 is 5.32 Å². The molecule has 0 unspecified atom stereocenters. The lowest BCUT2D eigenvalue weighted by molar-refractivity contribution is -0.122. The van der Waals surface area contributed by atoms with Crippen LogP contribution in [0.1, 0.15) is 85.5 Å². The third-order valence-corrected chi connectivity index (χ3v) is 11.1. The molecule has 1 aliphatic heterocycles. The number of hydrogen-bond acceptors (Lipinski definition) is 4. The van der Waals surface area contributed by atoms with Crippen LogP contribution in [0.25, 0.3) is 0 Å². The van der Waals surface area contributed by atoms with Crippen molar-refractivity contribution in [2.24, 2.45) is 46.3 Å². The molecule has 0 aromatic carbocycles. The molecule has 4 nitrogen and oxygen atoms in total. The topological polar surface area (TPSA) is 69.6 Å². The maximum Gasteiger partial charge on any atom is 0.197 e. The smallest absolute Gasteiger partial charge is 0.197 e. The Bertz CT molecular complexity index is 776. The number of ketones is 1. The molecule has 0 aromatic heterocycles. The number of rotatable bonds is 2. The Morgan fingerprint density at radius 1 is 1.06 bits per heavy atom. The number of fused-ring (bicyclic) bond motifs is 5. The minimum absolute atomic E-state index is 0.0171. The highest BCUT2D eigenvalue weighted by Crippen LogP contribution is 2.68. The standard InChI is InChI=1S/C27H43NO3/c1-15-13-23(30)24(28-14-15)16(2)18-7-8-19-17-5-6-21-25(31)22(29)10-12-27(21,4)20(17)9-11-26(18,19)3/h15-20,23-24,28,30-31H,5-14H2,1-4H3/t15-,16-,17-,18+,19-,20-,23-,24+,26+,27+/m0/s1. The fourth-order valence-corrected chi connectivity index (χ4v) is 9.49. The molecule has 3 N–H and O–H groups in total. The van der Waals surface area contributed by atoms with Gasteiger partial charge in [0.05, 0.1) is 6.10 Å². The minimum atomic E-state index is -0.221. The number of allylic oxidation sites excluding steroid dienone is 1. The van der Waals surface area contributed by atoms with Gasteiger partial charge in [0.25, 0.3) is 0 Å². The third kappa shape index (κ3) is 3.18. The van der Waals surface area contributed by atoms with Crippen molar-refractivity contribution in [2.45, 2.75) is 97.6 Å². The summed E-state index contributed by atoms with van der Waals surface area (Å²) in [5.74, 6) is 3.89. The maximum atomic E-state index is 12.2. The summed E-state index contributed by atoms with van der Waals surface area (Å²) in [6, 6.07) is 0.231. The summed E-state index contributed by atoms with van der Waals surface area (Å²) in [6.07, 6.45) is 9.26. The first-order chi connectivity index (χ1) is 14.7. The summed E-state index contributed by atoms with van der Waals surface area (Å²) in [5.41, 5.74) is 1.46. The molecule has 4 heteroatoms. The van der Waals surface area contributed by atoms with Crippen molar-refractivity contribution in [1.29, 1.82) is 0 Å². The van der Waals surface area contributed by atoms with E-state index >= 15 is 0 Å². The monoisotopic (exact) mass is 429 g/mol. The van der Waals surface area contributed by atoms with Gasteiger partial charge in [0.1, 0.15) is 0 Å². The molecule has 1 heterocycles. The Labute approximate surface area is 188 Å². The SMILES string of the molecule is C[C@@H]1CN[C@H]([C@@H](C)[C@H]2CC[C@H]3[C@@H]4CCC5=C(O)C(=O)CC[C@]5(C)[C@H]4CC[C@]23C)[C@@H](O)C1. The van der Waals surface area contributed by atoms with Gasteiger partial charge in [-0.25, -0.2) is 0 Å². The van der Waals surface area contributed by atoms with E-state index in [9.17, 15) is 15.0 Å². The summed E-state index contributed by atoms with van der Waals surface area (Å²) >= 11 is 0. The second-order valence-corrected chi connectivity index (χ2v) is 12.5. The molecule has 4 fully saturated rings. The van der Waals surface area contributed by atoms with Crippen LogP contribution in [0.5, 0.6) is 0 Å². The van der Waals surface area contributed by atoms with Crippen LogP contribution in [-0.2, 0) is 4.79 Å². The highest BCUT2D eigenvalue weighted by molar-refractivity contribution is 5.95. The van der Waals surface area contributed by atoms with Gasteiger partial charge in [-0.2, -0.15) is 0 Å². The zero-order valence-corrected chi connectivity index (χ0v) is 20.0.